The number of alkyl halides is 1. The smallest absolute Gasteiger partial charge is 0.323 e. The van der Waals surface area contributed by atoms with Gasteiger partial charge in [-0.2, -0.15) is 0 Å². The topological polar surface area (TPSA) is 38.3 Å². The molecule has 4 heteroatoms. The van der Waals surface area contributed by atoms with Gasteiger partial charge in [-0.25, -0.2) is 4.39 Å². The molecule has 0 aromatic heterocycles. The van der Waals surface area contributed by atoms with Crippen molar-refractivity contribution in [3.05, 3.63) is 0 Å². The molecule has 14 heavy (non-hydrogen) atoms. The molecule has 0 aromatic rings. The second-order valence-corrected chi connectivity index (χ2v) is 4.06. The van der Waals surface area contributed by atoms with E-state index in [4.69, 9.17) is 4.74 Å². The minimum absolute atomic E-state index is 0.0319. The molecule has 80 valence electrons. The van der Waals surface area contributed by atoms with Crippen LogP contribution < -0.4 is 5.32 Å². The van der Waals surface area contributed by atoms with Crippen LogP contribution in [0.1, 0.15) is 19.8 Å². The summed E-state index contributed by atoms with van der Waals surface area (Å²) in [6.07, 6.45) is 0.682. The summed E-state index contributed by atoms with van der Waals surface area (Å²) in [5.41, 5.74) is 0. The first kappa shape index (κ1) is 9.90. The molecule has 1 saturated heterocycles. The summed E-state index contributed by atoms with van der Waals surface area (Å²) in [6, 6.07) is -0.263. The number of hydrogen-bond donors (Lipinski definition) is 1. The van der Waals surface area contributed by atoms with Crippen molar-refractivity contribution in [3.8, 4) is 0 Å². The normalized spacial score (nSPS) is 41.0. The predicted octanol–water partition coefficient (Wildman–Crippen LogP) is 0.886. The molecule has 1 saturated carbocycles. The largest absolute Gasteiger partial charge is 0.465 e. The molecule has 1 heterocycles. The van der Waals surface area contributed by atoms with Gasteiger partial charge < -0.3 is 10.1 Å². The van der Waals surface area contributed by atoms with E-state index in [1.807, 2.05) is 0 Å². The summed E-state index contributed by atoms with van der Waals surface area (Å²) >= 11 is 0. The van der Waals surface area contributed by atoms with Gasteiger partial charge in [0.1, 0.15) is 12.2 Å². The SMILES string of the molecule is CCOC(=O)[C@H]1NCC2C(F)CC[C@@H]21. The van der Waals surface area contributed by atoms with E-state index in [0.717, 1.165) is 6.42 Å². The van der Waals surface area contributed by atoms with Crippen molar-refractivity contribution in [1.29, 1.82) is 0 Å². The van der Waals surface area contributed by atoms with Gasteiger partial charge in [0.15, 0.2) is 0 Å². The third-order valence-corrected chi connectivity index (χ3v) is 3.33. The first-order chi connectivity index (χ1) is 6.74. The molecule has 1 aliphatic carbocycles. The molecule has 2 aliphatic rings. The molecule has 0 amide bonds. The van der Waals surface area contributed by atoms with Crippen molar-refractivity contribution in [2.75, 3.05) is 13.2 Å². The fourth-order valence-electron chi connectivity index (χ4n) is 2.65. The molecular weight excluding hydrogens is 185 g/mol. The maximum atomic E-state index is 13.3. The zero-order valence-electron chi connectivity index (χ0n) is 8.33. The van der Waals surface area contributed by atoms with Gasteiger partial charge in [0, 0.05) is 12.5 Å². The highest BCUT2D eigenvalue weighted by molar-refractivity contribution is 5.76. The van der Waals surface area contributed by atoms with E-state index >= 15 is 0 Å². The van der Waals surface area contributed by atoms with Crippen LogP contribution in [0.2, 0.25) is 0 Å². The van der Waals surface area contributed by atoms with Crippen molar-refractivity contribution < 1.29 is 13.9 Å². The zero-order valence-corrected chi connectivity index (χ0v) is 8.33. The number of ether oxygens (including phenoxy) is 1. The molecule has 0 radical (unpaired) electrons. The van der Waals surface area contributed by atoms with Crippen LogP contribution in [0.4, 0.5) is 4.39 Å². The van der Waals surface area contributed by atoms with Crippen molar-refractivity contribution >= 4 is 5.97 Å². The van der Waals surface area contributed by atoms with Crippen LogP contribution in [0, 0.1) is 11.8 Å². The van der Waals surface area contributed by atoms with E-state index in [1.54, 1.807) is 6.92 Å². The lowest BCUT2D eigenvalue weighted by atomic mass is 9.94. The molecule has 0 bridgehead atoms. The number of hydrogen-bond acceptors (Lipinski definition) is 3. The summed E-state index contributed by atoms with van der Waals surface area (Å²) < 4.78 is 18.3. The van der Waals surface area contributed by atoms with Crippen LogP contribution in [0.15, 0.2) is 0 Å². The predicted molar refractivity (Wildman–Crippen MR) is 49.5 cm³/mol. The van der Waals surface area contributed by atoms with Crippen LogP contribution in [0.5, 0.6) is 0 Å². The van der Waals surface area contributed by atoms with Crippen molar-refractivity contribution in [2.24, 2.45) is 11.8 Å². The number of halogens is 1. The van der Waals surface area contributed by atoms with Gasteiger partial charge in [-0.1, -0.05) is 0 Å². The highest BCUT2D eigenvalue weighted by Crippen LogP contribution is 2.39. The average molecular weight is 201 g/mol. The zero-order chi connectivity index (χ0) is 10.1. The number of carbonyl (C=O) groups excluding carboxylic acids is 1. The van der Waals surface area contributed by atoms with Gasteiger partial charge in [-0.3, -0.25) is 4.79 Å². The highest BCUT2D eigenvalue weighted by atomic mass is 19.1. The maximum Gasteiger partial charge on any atom is 0.323 e. The molecular formula is C10H16FNO2. The minimum Gasteiger partial charge on any atom is -0.465 e. The molecule has 1 N–H and O–H groups in total. The van der Waals surface area contributed by atoms with Gasteiger partial charge in [-0.15, -0.1) is 0 Å². The lowest BCUT2D eigenvalue weighted by Gasteiger charge is -2.15. The minimum atomic E-state index is -0.730. The van der Waals surface area contributed by atoms with E-state index in [-0.39, 0.29) is 23.8 Å². The quantitative estimate of drug-likeness (QED) is 0.674. The van der Waals surface area contributed by atoms with Crippen LogP contribution in [0.25, 0.3) is 0 Å². The van der Waals surface area contributed by atoms with E-state index in [9.17, 15) is 9.18 Å². The first-order valence-electron chi connectivity index (χ1n) is 5.28. The summed E-state index contributed by atoms with van der Waals surface area (Å²) in [7, 11) is 0. The number of rotatable bonds is 2. The van der Waals surface area contributed by atoms with Gasteiger partial charge >= 0.3 is 5.97 Å². The second kappa shape index (κ2) is 3.85. The molecule has 2 unspecified atom stereocenters. The Kier molecular flexibility index (Phi) is 2.72. The lowest BCUT2D eigenvalue weighted by molar-refractivity contribution is -0.146. The Morgan fingerprint density at radius 2 is 2.29 bits per heavy atom. The van der Waals surface area contributed by atoms with Gasteiger partial charge in [0.2, 0.25) is 0 Å². The Morgan fingerprint density at radius 1 is 1.50 bits per heavy atom. The second-order valence-electron chi connectivity index (χ2n) is 4.06. The Morgan fingerprint density at radius 3 is 3.00 bits per heavy atom. The molecule has 2 rings (SSSR count). The number of fused-ring (bicyclic) bond motifs is 1. The lowest BCUT2D eigenvalue weighted by Crippen LogP contribution is -2.37. The van der Waals surface area contributed by atoms with Crippen LogP contribution >= 0.6 is 0 Å². The third-order valence-electron chi connectivity index (χ3n) is 3.33. The van der Waals surface area contributed by atoms with Crippen LogP contribution in [-0.4, -0.2) is 31.3 Å². The van der Waals surface area contributed by atoms with Crippen molar-refractivity contribution in [1.82, 2.24) is 5.32 Å². The van der Waals surface area contributed by atoms with E-state index in [1.165, 1.54) is 0 Å². The number of esters is 1. The molecule has 0 aromatic carbocycles. The standard InChI is InChI=1S/C10H16FNO2/c1-2-14-10(13)9-6-3-4-8(11)7(6)5-12-9/h6-9,12H,2-5H2,1H3/t6-,7?,8?,9-/m0/s1. The monoisotopic (exact) mass is 201 g/mol. The molecule has 4 atom stereocenters. The Hall–Kier alpha value is -0.640. The average Bonchev–Trinajstić information content (AvgIpc) is 2.69. The van der Waals surface area contributed by atoms with Crippen molar-refractivity contribution in [3.63, 3.8) is 0 Å². The van der Waals surface area contributed by atoms with Gasteiger partial charge in [0.25, 0.3) is 0 Å². The fourth-order valence-corrected chi connectivity index (χ4v) is 2.65. The molecule has 1 aliphatic heterocycles. The van der Waals surface area contributed by atoms with Crippen molar-refractivity contribution in [2.45, 2.75) is 32.0 Å². The molecule has 0 spiro atoms. The molecule has 3 nitrogen and oxygen atoms in total. The van der Waals surface area contributed by atoms with E-state index in [2.05, 4.69) is 5.32 Å². The van der Waals surface area contributed by atoms with E-state index in [0.29, 0.717) is 19.6 Å². The number of nitrogens with one attached hydrogen (secondary N) is 1. The van der Waals surface area contributed by atoms with E-state index < -0.39 is 6.17 Å². The maximum absolute atomic E-state index is 13.3. The first-order valence-corrected chi connectivity index (χ1v) is 5.28. The Bertz CT molecular complexity index is 234. The fraction of sp³-hybridized carbons (Fsp3) is 0.900. The van der Waals surface area contributed by atoms with Crippen LogP contribution in [-0.2, 0) is 9.53 Å². The summed E-state index contributed by atoms with van der Waals surface area (Å²) in [4.78, 5) is 11.5. The number of carbonyl (C=O) groups is 1. The van der Waals surface area contributed by atoms with Gasteiger partial charge in [0.05, 0.1) is 6.61 Å². The summed E-state index contributed by atoms with van der Waals surface area (Å²) in [5, 5.41) is 3.06. The summed E-state index contributed by atoms with van der Waals surface area (Å²) in [5.74, 6) is -0.0254. The highest BCUT2D eigenvalue weighted by Gasteiger charge is 2.48. The summed E-state index contributed by atoms with van der Waals surface area (Å²) in [6.45, 7) is 2.81. The van der Waals surface area contributed by atoms with Crippen LogP contribution in [0.3, 0.4) is 0 Å². The molecule has 2 fully saturated rings. The van der Waals surface area contributed by atoms with Gasteiger partial charge in [-0.05, 0) is 25.7 Å². The third kappa shape index (κ3) is 1.52. The Balaban J connectivity index is 1.99. The Labute approximate surface area is 83.0 Å².